The van der Waals surface area contributed by atoms with Crippen molar-refractivity contribution in [2.45, 2.75) is 45.2 Å². The molecule has 0 bridgehead atoms. The Morgan fingerprint density at radius 3 is 3.00 bits per heavy atom. The number of amides is 1. The Morgan fingerprint density at radius 2 is 2.35 bits per heavy atom. The molecule has 1 amide bonds. The summed E-state index contributed by atoms with van der Waals surface area (Å²) in [6.07, 6.45) is 6.00. The normalized spacial score (nSPS) is 14.8. The van der Waals surface area contributed by atoms with E-state index in [0.717, 1.165) is 11.4 Å². The first-order valence-electron chi connectivity index (χ1n) is 6.90. The van der Waals surface area contributed by atoms with E-state index < -0.39 is 0 Å². The van der Waals surface area contributed by atoms with Gasteiger partial charge in [0.15, 0.2) is 0 Å². The van der Waals surface area contributed by atoms with Gasteiger partial charge in [0, 0.05) is 18.3 Å². The van der Waals surface area contributed by atoms with Crippen LogP contribution in [0.1, 0.15) is 60.6 Å². The summed E-state index contributed by atoms with van der Waals surface area (Å²) in [6, 6.07) is 2.25. The van der Waals surface area contributed by atoms with Crippen molar-refractivity contribution in [1.29, 1.82) is 0 Å². The summed E-state index contributed by atoms with van der Waals surface area (Å²) in [5.74, 6) is 0.260. The Kier molecular flexibility index (Phi) is 3.30. The van der Waals surface area contributed by atoms with Gasteiger partial charge in [0.1, 0.15) is 0 Å². The van der Waals surface area contributed by atoms with Crippen LogP contribution in [0.15, 0.2) is 23.1 Å². The molecular weight excluding hydrogens is 256 g/mol. The summed E-state index contributed by atoms with van der Waals surface area (Å²) in [4.78, 5) is 16.1. The molecule has 1 saturated carbocycles. The van der Waals surface area contributed by atoms with Gasteiger partial charge in [-0.05, 0) is 18.8 Å². The zero-order chi connectivity index (χ0) is 14.1. The van der Waals surface area contributed by atoms with Gasteiger partial charge in [-0.1, -0.05) is 19.0 Å². The van der Waals surface area contributed by atoms with E-state index in [-0.39, 0.29) is 17.6 Å². The lowest BCUT2D eigenvalue weighted by atomic mass is 10.1. The predicted octanol–water partition coefficient (Wildman–Crippen LogP) is 2.26. The van der Waals surface area contributed by atoms with Crippen molar-refractivity contribution in [3.8, 4) is 0 Å². The molecule has 106 valence electrons. The van der Waals surface area contributed by atoms with Gasteiger partial charge >= 0.3 is 0 Å². The van der Waals surface area contributed by atoms with Crippen LogP contribution < -0.4 is 5.32 Å². The van der Waals surface area contributed by atoms with Gasteiger partial charge in [-0.2, -0.15) is 0 Å². The number of aromatic nitrogens is 3. The molecule has 0 radical (unpaired) electrons. The van der Waals surface area contributed by atoms with E-state index in [2.05, 4.69) is 20.0 Å². The highest BCUT2D eigenvalue weighted by atomic mass is 16.5. The Hall–Kier alpha value is -2.11. The maximum Gasteiger partial charge on any atom is 0.290 e. The fraction of sp³-hybridized carbons (Fsp3) is 0.500. The monoisotopic (exact) mass is 274 g/mol. The second-order valence-corrected chi connectivity index (χ2v) is 5.48. The summed E-state index contributed by atoms with van der Waals surface area (Å²) in [5.41, 5.74) is 1.81. The third-order valence-corrected chi connectivity index (χ3v) is 3.46. The lowest BCUT2D eigenvalue weighted by Gasteiger charge is -2.06. The lowest BCUT2D eigenvalue weighted by Crippen LogP contribution is -2.23. The predicted molar refractivity (Wildman–Crippen MR) is 72.3 cm³/mol. The topological polar surface area (TPSA) is 73.0 Å². The highest BCUT2D eigenvalue weighted by molar-refractivity contribution is 5.91. The number of carbonyl (C=O) groups excluding carboxylic acids is 1. The molecule has 0 saturated heterocycles. The SMILES string of the molecule is CC(C)c1cc(C(=O)NCc2cncn2C2CC2)on1. The third-order valence-electron chi connectivity index (χ3n) is 3.46. The molecule has 0 aliphatic heterocycles. The molecule has 1 N–H and O–H groups in total. The zero-order valence-corrected chi connectivity index (χ0v) is 11.7. The maximum atomic E-state index is 12.0. The molecule has 6 nitrogen and oxygen atoms in total. The van der Waals surface area contributed by atoms with E-state index in [1.807, 2.05) is 20.2 Å². The summed E-state index contributed by atoms with van der Waals surface area (Å²) in [6.45, 7) is 4.47. The Labute approximate surface area is 117 Å². The highest BCUT2D eigenvalue weighted by Crippen LogP contribution is 2.35. The molecule has 0 atom stereocenters. The first kappa shape index (κ1) is 12.9. The van der Waals surface area contributed by atoms with Crippen LogP contribution >= 0.6 is 0 Å². The van der Waals surface area contributed by atoms with E-state index >= 15 is 0 Å². The minimum atomic E-state index is -0.243. The molecule has 0 aromatic carbocycles. The van der Waals surface area contributed by atoms with Crippen molar-refractivity contribution >= 4 is 5.91 Å². The molecule has 6 heteroatoms. The minimum absolute atomic E-state index is 0.243. The van der Waals surface area contributed by atoms with E-state index in [0.29, 0.717) is 12.6 Å². The van der Waals surface area contributed by atoms with Crippen LogP contribution in [0.5, 0.6) is 0 Å². The van der Waals surface area contributed by atoms with Crippen LogP contribution in [-0.4, -0.2) is 20.6 Å². The first-order valence-corrected chi connectivity index (χ1v) is 6.90. The molecule has 1 fully saturated rings. The van der Waals surface area contributed by atoms with E-state index in [1.165, 1.54) is 12.8 Å². The van der Waals surface area contributed by atoms with Gasteiger partial charge in [0.25, 0.3) is 5.91 Å². The smallest absolute Gasteiger partial charge is 0.290 e. The van der Waals surface area contributed by atoms with Crippen LogP contribution in [0.3, 0.4) is 0 Å². The minimum Gasteiger partial charge on any atom is -0.351 e. The summed E-state index contributed by atoms with van der Waals surface area (Å²) < 4.78 is 7.19. The van der Waals surface area contributed by atoms with E-state index in [9.17, 15) is 4.79 Å². The van der Waals surface area contributed by atoms with Crippen molar-refractivity contribution in [3.05, 3.63) is 35.7 Å². The van der Waals surface area contributed by atoms with Crippen LogP contribution in [-0.2, 0) is 6.54 Å². The molecular formula is C14H18N4O2. The Morgan fingerprint density at radius 1 is 1.55 bits per heavy atom. The molecule has 20 heavy (non-hydrogen) atoms. The van der Waals surface area contributed by atoms with E-state index in [4.69, 9.17) is 4.52 Å². The number of carbonyl (C=O) groups is 1. The molecule has 1 aliphatic carbocycles. The van der Waals surface area contributed by atoms with Gasteiger partial charge < -0.3 is 14.4 Å². The Balaban J connectivity index is 1.62. The summed E-state index contributed by atoms with van der Waals surface area (Å²) in [5, 5.41) is 6.73. The summed E-state index contributed by atoms with van der Waals surface area (Å²) in [7, 11) is 0. The quantitative estimate of drug-likeness (QED) is 0.907. The van der Waals surface area contributed by atoms with Crippen molar-refractivity contribution < 1.29 is 9.32 Å². The molecule has 3 rings (SSSR count). The maximum absolute atomic E-state index is 12.0. The number of imidazole rings is 1. The summed E-state index contributed by atoms with van der Waals surface area (Å²) >= 11 is 0. The number of hydrogen-bond acceptors (Lipinski definition) is 4. The van der Waals surface area contributed by atoms with Gasteiger partial charge in [-0.25, -0.2) is 4.98 Å². The van der Waals surface area contributed by atoms with Crippen molar-refractivity contribution in [2.75, 3.05) is 0 Å². The molecule has 0 spiro atoms. The largest absolute Gasteiger partial charge is 0.351 e. The van der Waals surface area contributed by atoms with Gasteiger partial charge in [0.2, 0.25) is 5.76 Å². The number of rotatable bonds is 5. The highest BCUT2D eigenvalue weighted by Gasteiger charge is 2.25. The van der Waals surface area contributed by atoms with Crippen molar-refractivity contribution in [3.63, 3.8) is 0 Å². The average Bonchev–Trinajstić information content (AvgIpc) is 2.97. The van der Waals surface area contributed by atoms with E-state index in [1.54, 1.807) is 12.3 Å². The van der Waals surface area contributed by atoms with Crippen LogP contribution in [0.4, 0.5) is 0 Å². The molecule has 2 heterocycles. The van der Waals surface area contributed by atoms with Gasteiger partial charge in [-0.15, -0.1) is 0 Å². The zero-order valence-electron chi connectivity index (χ0n) is 11.7. The third kappa shape index (κ3) is 2.59. The van der Waals surface area contributed by atoms with Crippen LogP contribution in [0, 0.1) is 0 Å². The van der Waals surface area contributed by atoms with Crippen LogP contribution in [0.25, 0.3) is 0 Å². The number of hydrogen-bond donors (Lipinski definition) is 1. The van der Waals surface area contributed by atoms with Gasteiger partial charge in [0.05, 0.1) is 24.3 Å². The molecule has 2 aromatic rings. The lowest BCUT2D eigenvalue weighted by molar-refractivity contribution is 0.0913. The molecule has 2 aromatic heterocycles. The fourth-order valence-electron chi connectivity index (χ4n) is 2.08. The molecule has 1 aliphatic rings. The average molecular weight is 274 g/mol. The fourth-order valence-corrected chi connectivity index (χ4v) is 2.08. The van der Waals surface area contributed by atoms with Crippen LogP contribution in [0.2, 0.25) is 0 Å². The molecule has 0 unspecified atom stereocenters. The standard InChI is InChI=1S/C14H18N4O2/c1-9(2)12-5-13(20-17-12)14(19)16-7-11-6-15-8-18(11)10-3-4-10/h5-6,8-10H,3-4,7H2,1-2H3,(H,16,19). The number of nitrogens with zero attached hydrogens (tertiary/aromatic N) is 3. The second kappa shape index (κ2) is 5.11. The van der Waals surface area contributed by atoms with Crippen molar-refractivity contribution in [1.82, 2.24) is 20.0 Å². The van der Waals surface area contributed by atoms with Crippen molar-refractivity contribution in [2.24, 2.45) is 0 Å². The second-order valence-electron chi connectivity index (χ2n) is 5.48. The van der Waals surface area contributed by atoms with Gasteiger partial charge in [-0.3, -0.25) is 4.79 Å². The number of nitrogens with one attached hydrogen (secondary N) is 1. The Bertz CT molecular complexity index is 610. The first-order chi connectivity index (χ1) is 9.65.